The highest BCUT2D eigenvalue weighted by molar-refractivity contribution is 5.94. The van der Waals surface area contributed by atoms with Crippen LogP contribution in [0.4, 0.5) is 0 Å². The van der Waals surface area contributed by atoms with Crippen LogP contribution in [0.15, 0.2) is 23.1 Å². The number of aromatic nitrogens is 1. The first-order valence-corrected chi connectivity index (χ1v) is 7.63. The van der Waals surface area contributed by atoms with E-state index in [-0.39, 0.29) is 11.0 Å². The van der Waals surface area contributed by atoms with Gasteiger partial charge in [0.25, 0.3) is 0 Å². The molecule has 0 radical (unpaired) electrons. The largest absolute Gasteiger partial charge is 0.465 e. The zero-order valence-electron chi connectivity index (χ0n) is 13.3. The number of nitrogens with zero attached hydrogens (tertiary/aromatic N) is 1. The Morgan fingerprint density at radius 3 is 2.78 bits per heavy atom. The van der Waals surface area contributed by atoms with Gasteiger partial charge in [-0.3, -0.25) is 9.69 Å². The molecule has 0 unspecified atom stereocenters. The predicted octanol–water partition coefficient (Wildman–Crippen LogP) is 1.46. The summed E-state index contributed by atoms with van der Waals surface area (Å²) in [5.41, 5.74) is 2.54. The number of aryl methyl sites for hydroxylation is 1. The standard InChI is InChI=1S/C17H20N2O4/c1-11-7-12(10-19-3-5-23-6-4-19)8-13-15(11)18-9-14(16(13)20)17(21)22-2/h7-9H,3-6,10H2,1-2H3,(H,18,20). The van der Waals surface area contributed by atoms with E-state index in [1.54, 1.807) is 0 Å². The van der Waals surface area contributed by atoms with Crippen molar-refractivity contribution >= 4 is 16.9 Å². The van der Waals surface area contributed by atoms with Crippen LogP contribution in [0.2, 0.25) is 0 Å². The van der Waals surface area contributed by atoms with E-state index in [1.165, 1.54) is 13.3 Å². The number of carbonyl (C=O) groups is 1. The second-order valence-electron chi connectivity index (χ2n) is 5.75. The maximum atomic E-state index is 12.6. The number of nitrogens with one attached hydrogen (secondary N) is 1. The van der Waals surface area contributed by atoms with E-state index in [4.69, 9.17) is 4.74 Å². The lowest BCUT2D eigenvalue weighted by atomic mass is 10.0. The smallest absolute Gasteiger partial charge is 0.343 e. The molecule has 0 saturated carbocycles. The van der Waals surface area contributed by atoms with E-state index in [9.17, 15) is 9.59 Å². The molecule has 6 heteroatoms. The van der Waals surface area contributed by atoms with Crippen LogP contribution >= 0.6 is 0 Å². The Bertz CT molecular complexity index is 791. The molecule has 0 atom stereocenters. The first kappa shape index (κ1) is 15.7. The number of methoxy groups -OCH3 is 1. The third-order valence-corrected chi connectivity index (χ3v) is 4.16. The van der Waals surface area contributed by atoms with Crippen molar-refractivity contribution in [2.75, 3.05) is 33.4 Å². The summed E-state index contributed by atoms with van der Waals surface area (Å²) in [7, 11) is 1.27. The normalized spacial score (nSPS) is 15.7. The van der Waals surface area contributed by atoms with Crippen LogP contribution in [0.5, 0.6) is 0 Å². The van der Waals surface area contributed by atoms with E-state index in [0.29, 0.717) is 5.39 Å². The van der Waals surface area contributed by atoms with Crippen LogP contribution in [0.1, 0.15) is 21.5 Å². The van der Waals surface area contributed by atoms with Crippen molar-refractivity contribution in [3.63, 3.8) is 0 Å². The molecule has 0 bridgehead atoms. The van der Waals surface area contributed by atoms with Crippen molar-refractivity contribution in [3.05, 3.63) is 45.2 Å². The van der Waals surface area contributed by atoms with Crippen LogP contribution in [0.3, 0.4) is 0 Å². The minimum Gasteiger partial charge on any atom is -0.465 e. The van der Waals surface area contributed by atoms with Crippen molar-refractivity contribution in [1.29, 1.82) is 0 Å². The van der Waals surface area contributed by atoms with Gasteiger partial charge in [-0.25, -0.2) is 4.79 Å². The highest BCUT2D eigenvalue weighted by Gasteiger charge is 2.16. The Morgan fingerprint density at radius 2 is 2.09 bits per heavy atom. The summed E-state index contributed by atoms with van der Waals surface area (Å²) in [6, 6.07) is 3.94. The number of aromatic amines is 1. The van der Waals surface area contributed by atoms with E-state index in [0.717, 1.165) is 49.5 Å². The second kappa shape index (κ2) is 6.52. The minimum absolute atomic E-state index is 0.0305. The monoisotopic (exact) mass is 316 g/mol. The van der Waals surface area contributed by atoms with Crippen molar-refractivity contribution in [2.24, 2.45) is 0 Å². The van der Waals surface area contributed by atoms with Crippen molar-refractivity contribution in [1.82, 2.24) is 9.88 Å². The highest BCUT2D eigenvalue weighted by Crippen LogP contribution is 2.18. The summed E-state index contributed by atoms with van der Waals surface area (Å²) >= 11 is 0. The molecule has 23 heavy (non-hydrogen) atoms. The molecule has 1 fully saturated rings. The molecule has 3 rings (SSSR count). The molecule has 1 aromatic carbocycles. The molecule has 2 heterocycles. The van der Waals surface area contributed by atoms with Crippen LogP contribution in [-0.2, 0) is 16.0 Å². The number of ether oxygens (including phenoxy) is 2. The summed E-state index contributed by atoms with van der Waals surface area (Å²) in [5, 5.41) is 0.524. The van der Waals surface area contributed by atoms with Crippen molar-refractivity contribution < 1.29 is 14.3 Å². The maximum absolute atomic E-state index is 12.6. The van der Waals surface area contributed by atoms with Gasteiger partial charge >= 0.3 is 5.97 Å². The molecule has 0 spiro atoms. The van der Waals surface area contributed by atoms with Gasteiger partial charge in [0.1, 0.15) is 5.56 Å². The number of esters is 1. The van der Waals surface area contributed by atoms with Gasteiger partial charge in [-0.1, -0.05) is 6.07 Å². The van der Waals surface area contributed by atoms with E-state index < -0.39 is 5.97 Å². The van der Waals surface area contributed by atoms with Gasteiger partial charge in [0.15, 0.2) is 0 Å². The van der Waals surface area contributed by atoms with Gasteiger partial charge in [-0.05, 0) is 24.1 Å². The molecule has 1 saturated heterocycles. The summed E-state index contributed by atoms with van der Waals surface area (Å²) in [6.07, 6.45) is 1.42. The average Bonchev–Trinajstić information content (AvgIpc) is 2.56. The third-order valence-electron chi connectivity index (χ3n) is 4.16. The molecule has 2 aromatic rings. The second-order valence-corrected chi connectivity index (χ2v) is 5.75. The molecule has 1 aliphatic rings. The summed E-state index contributed by atoms with van der Waals surface area (Å²) in [4.78, 5) is 29.6. The number of rotatable bonds is 3. The Hall–Kier alpha value is -2.18. The number of fused-ring (bicyclic) bond motifs is 1. The zero-order chi connectivity index (χ0) is 16.4. The van der Waals surface area contributed by atoms with Crippen LogP contribution < -0.4 is 5.43 Å². The molecule has 6 nitrogen and oxygen atoms in total. The number of H-pyrrole nitrogens is 1. The molecule has 122 valence electrons. The summed E-state index contributed by atoms with van der Waals surface area (Å²) < 4.78 is 10.0. The van der Waals surface area contributed by atoms with E-state index in [1.807, 2.05) is 13.0 Å². The fourth-order valence-electron chi connectivity index (χ4n) is 2.96. The molecule has 1 aliphatic heterocycles. The van der Waals surface area contributed by atoms with Gasteiger partial charge in [0.2, 0.25) is 5.43 Å². The topological polar surface area (TPSA) is 71.6 Å². The lowest BCUT2D eigenvalue weighted by Gasteiger charge is -2.26. The predicted molar refractivity (Wildman–Crippen MR) is 86.7 cm³/mol. The maximum Gasteiger partial charge on any atom is 0.343 e. The Morgan fingerprint density at radius 1 is 1.35 bits per heavy atom. The van der Waals surface area contributed by atoms with Crippen LogP contribution in [-0.4, -0.2) is 49.3 Å². The van der Waals surface area contributed by atoms with Crippen LogP contribution in [0.25, 0.3) is 10.9 Å². The summed E-state index contributed by atoms with van der Waals surface area (Å²) in [5.74, 6) is -0.621. The van der Waals surface area contributed by atoms with Gasteiger partial charge in [-0.2, -0.15) is 0 Å². The number of pyridine rings is 1. The van der Waals surface area contributed by atoms with E-state index >= 15 is 0 Å². The van der Waals surface area contributed by atoms with Gasteiger partial charge in [0.05, 0.1) is 25.8 Å². The molecular formula is C17H20N2O4. The number of carbonyl (C=O) groups excluding carboxylic acids is 1. The van der Waals surface area contributed by atoms with E-state index in [2.05, 4.69) is 20.7 Å². The number of morpholine rings is 1. The van der Waals surface area contributed by atoms with Gasteiger partial charge in [0, 0.05) is 31.2 Å². The summed E-state index contributed by atoms with van der Waals surface area (Å²) in [6.45, 7) is 5.96. The Labute approximate surface area is 134 Å². The SMILES string of the molecule is COC(=O)c1c[nH]c2c(C)cc(CN3CCOCC3)cc2c1=O. The quantitative estimate of drug-likeness (QED) is 0.868. The molecular weight excluding hydrogens is 296 g/mol. The van der Waals surface area contributed by atoms with Gasteiger partial charge in [-0.15, -0.1) is 0 Å². The van der Waals surface area contributed by atoms with Crippen LogP contribution in [0, 0.1) is 6.92 Å². The number of benzene rings is 1. The Balaban J connectivity index is 2.02. The molecule has 0 amide bonds. The molecule has 1 N–H and O–H groups in total. The first-order chi connectivity index (χ1) is 11.1. The first-order valence-electron chi connectivity index (χ1n) is 7.63. The molecule has 1 aromatic heterocycles. The minimum atomic E-state index is -0.621. The van der Waals surface area contributed by atoms with Crippen molar-refractivity contribution in [2.45, 2.75) is 13.5 Å². The molecule has 0 aliphatic carbocycles. The third kappa shape index (κ3) is 3.13. The van der Waals surface area contributed by atoms with Crippen molar-refractivity contribution in [3.8, 4) is 0 Å². The fourth-order valence-corrected chi connectivity index (χ4v) is 2.96. The van der Waals surface area contributed by atoms with Gasteiger partial charge < -0.3 is 14.5 Å². The fraction of sp³-hybridized carbons (Fsp3) is 0.412. The average molecular weight is 316 g/mol. The zero-order valence-corrected chi connectivity index (χ0v) is 13.3. The number of hydrogen-bond donors (Lipinski definition) is 1. The Kier molecular flexibility index (Phi) is 4.45. The highest BCUT2D eigenvalue weighted by atomic mass is 16.5. The lowest BCUT2D eigenvalue weighted by Crippen LogP contribution is -2.35. The lowest BCUT2D eigenvalue weighted by molar-refractivity contribution is 0.0342. The number of hydrogen-bond acceptors (Lipinski definition) is 5.